The minimum atomic E-state index is 0.736. The van der Waals surface area contributed by atoms with Gasteiger partial charge >= 0.3 is 0 Å². The van der Waals surface area contributed by atoms with Crippen molar-refractivity contribution in [3.63, 3.8) is 0 Å². The first kappa shape index (κ1) is 12.0. The summed E-state index contributed by atoms with van der Waals surface area (Å²) in [6, 6.07) is 7.75. The summed E-state index contributed by atoms with van der Waals surface area (Å²) in [5.74, 6) is 0. The Kier molecular flexibility index (Phi) is 3.97. The van der Waals surface area contributed by atoms with E-state index in [1.165, 1.54) is 4.88 Å². The van der Waals surface area contributed by atoms with Crippen molar-refractivity contribution in [2.45, 2.75) is 6.54 Å². The number of hydrogen-bond acceptors (Lipinski definition) is 3. The van der Waals surface area contributed by atoms with Crippen molar-refractivity contribution < 1.29 is 0 Å². The third-order valence-electron chi connectivity index (χ3n) is 2.09. The van der Waals surface area contributed by atoms with E-state index in [0.717, 1.165) is 26.7 Å². The summed E-state index contributed by atoms with van der Waals surface area (Å²) in [5, 5.41) is 4.79. The van der Waals surface area contributed by atoms with Gasteiger partial charge in [0.05, 0.1) is 9.90 Å². The summed E-state index contributed by atoms with van der Waals surface area (Å²) in [4.78, 5) is 5.65. The molecule has 0 saturated carbocycles. The fraction of sp³-hybridized carbons (Fsp3) is 0.182. The van der Waals surface area contributed by atoms with Gasteiger partial charge in [-0.3, -0.25) is 0 Å². The first-order valence-corrected chi connectivity index (χ1v) is 6.76. The van der Waals surface area contributed by atoms with Gasteiger partial charge < -0.3 is 5.32 Å². The molecule has 5 heteroatoms. The van der Waals surface area contributed by atoms with E-state index in [2.05, 4.69) is 26.2 Å². The van der Waals surface area contributed by atoms with Crippen molar-refractivity contribution in [3.8, 4) is 10.6 Å². The number of thiazole rings is 1. The number of nitrogens with one attached hydrogen (secondary N) is 1. The molecule has 0 amide bonds. The second kappa shape index (κ2) is 5.27. The molecule has 1 heterocycles. The average molecular weight is 318 g/mol. The second-order valence-corrected chi connectivity index (χ2v) is 5.49. The highest BCUT2D eigenvalue weighted by Crippen LogP contribution is 2.34. The Morgan fingerprint density at radius 2 is 2.19 bits per heavy atom. The number of aromatic nitrogens is 1. The Morgan fingerprint density at radius 1 is 1.44 bits per heavy atom. The number of rotatable bonds is 3. The highest BCUT2D eigenvalue weighted by Gasteiger charge is 2.11. The molecule has 1 N–H and O–H groups in total. The molecule has 0 aliphatic carbocycles. The summed E-state index contributed by atoms with van der Waals surface area (Å²) in [5.41, 5.74) is 0.984. The van der Waals surface area contributed by atoms with Crippen LogP contribution < -0.4 is 5.32 Å². The highest BCUT2D eigenvalue weighted by atomic mass is 79.9. The molecule has 1 aromatic carbocycles. The predicted octanol–water partition coefficient (Wildman–Crippen LogP) is 3.95. The lowest BCUT2D eigenvalue weighted by Crippen LogP contribution is -2.03. The molecule has 0 atom stereocenters. The Labute approximate surface area is 112 Å². The van der Waals surface area contributed by atoms with Crippen LogP contribution in [0.25, 0.3) is 10.6 Å². The van der Waals surface area contributed by atoms with Gasteiger partial charge in [0, 0.05) is 12.1 Å². The lowest BCUT2D eigenvalue weighted by molar-refractivity contribution is 0.825. The molecule has 0 saturated heterocycles. The van der Waals surface area contributed by atoms with Gasteiger partial charge in [-0.2, -0.15) is 0 Å². The maximum Gasteiger partial charge on any atom is 0.126 e. The van der Waals surface area contributed by atoms with E-state index >= 15 is 0 Å². The smallest absolute Gasteiger partial charge is 0.126 e. The highest BCUT2D eigenvalue weighted by molar-refractivity contribution is 9.10. The van der Waals surface area contributed by atoms with Gasteiger partial charge in [-0.05, 0) is 29.0 Å². The number of nitrogens with zero attached hydrogens (tertiary/aromatic N) is 1. The molecule has 0 aliphatic heterocycles. The van der Waals surface area contributed by atoms with Gasteiger partial charge in [0.15, 0.2) is 0 Å². The standard InChI is InChI=1S/C11H10BrClN2S/c1-14-6-9-10(12)15-11(16-9)7-4-2-3-5-8(7)13/h2-5,14H,6H2,1H3. The van der Waals surface area contributed by atoms with E-state index in [1.807, 2.05) is 31.3 Å². The molecule has 0 radical (unpaired) electrons. The van der Waals surface area contributed by atoms with Crippen molar-refractivity contribution in [2.75, 3.05) is 7.05 Å². The van der Waals surface area contributed by atoms with Gasteiger partial charge in [0.1, 0.15) is 9.61 Å². The van der Waals surface area contributed by atoms with Crippen LogP contribution in [0.1, 0.15) is 4.88 Å². The molecule has 0 aliphatic rings. The van der Waals surface area contributed by atoms with Crippen LogP contribution in [0, 0.1) is 0 Å². The third-order valence-corrected chi connectivity index (χ3v) is 4.43. The zero-order valence-corrected chi connectivity index (χ0v) is 11.8. The van der Waals surface area contributed by atoms with Crippen molar-refractivity contribution in [1.29, 1.82) is 0 Å². The predicted molar refractivity (Wildman–Crippen MR) is 73.0 cm³/mol. The fourth-order valence-corrected chi connectivity index (χ4v) is 3.32. The van der Waals surface area contributed by atoms with Crippen LogP contribution in [-0.4, -0.2) is 12.0 Å². The van der Waals surface area contributed by atoms with Crippen LogP contribution in [0.15, 0.2) is 28.9 Å². The first-order chi connectivity index (χ1) is 7.72. The van der Waals surface area contributed by atoms with Crippen LogP contribution in [0.4, 0.5) is 0 Å². The van der Waals surface area contributed by atoms with Crippen LogP contribution in [-0.2, 0) is 6.54 Å². The normalized spacial score (nSPS) is 10.7. The molecule has 1 aromatic heterocycles. The van der Waals surface area contributed by atoms with E-state index in [4.69, 9.17) is 11.6 Å². The minimum absolute atomic E-state index is 0.736. The summed E-state index contributed by atoms with van der Waals surface area (Å²) < 4.78 is 0.891. The van der Waals surface area contributed by atoms with Crippen molar-refractivity contribution >= 4 is 38.9 Å². The molecular formula is C11H10BrClN2S. The number of benzene rings is 1. The quantitative estimate of drug-likeness (QED) is 0.927. The van der Waals surface area contributed by atoms with Gasteiger partial charge in [-0.1, -0.05) is 29.8 Å². The van der Waals surface area contributed by atoms with Gasteiger partial charge in [0.2, 0.25) is 0 Å². The summed E-state index contributed by atoms with van der Waals surface area (Å²) in [6.07, 6.45) is 0. The zero-order valence-electron chi connectivity index (χ0n) is 8.63. The van der Waals surface area contributed by atoms with E-state index in [1.54, 1.807) is 11.3 Å². The monoisotopic (exact) mass is 316 g/mol. The lowest BCUT2D eigenvalue weighted by atomic mass is 10.2. The largest absolute Gasteiger partial charge is 0.315 e. The fourth-order valence-electron chi connectivity index (χ4n) is 1.35. The summed E-state index contributed by atoms with van der Waals surface area (Å²) in [7, 11) is 1.92. The molecule has 2 aromatic rings. The molecule has 2 rings (SSSR count). The van der Waals surface area contributed by atoms with Gasteiger partial charge in [-0.25, -0.2) is 4.98 Å². The third kappa shape index (κ3) is 2.46. The summed E-state index contributed by atoms with van der Waals surface area (Å²) in [6.45, 7) is 0.808. The molecule has 0 unspecified atom stereocenters. The van der Waals surface area contributed by atoms with E-state index in [-0.39, 0.29) is 0 Å². The number of hydrogen-bond donors (Lipinski definition) is 1. The molecule has 0 fully saturated rings. The average Bonchev–Trinajstić information content (AvgIpc) is 2.61. The summed E-state index contributed by atoms with van der Waals surface area (Å²) >= 11 is 11.2. The van der Waals surface area contributed by atoms with E-state index < -0.39 is 0 Å². The Bertz CT molecular complexity index is 498. The maximum atomic E-state index is 6.13. The first-order valence-electron chi connectivity index (χ1n) is 4.77. The molecular weight excluding hydrogens is 308 g/mol. The van der Waals surface area contributed by atoms with Crippen LogP contribution in [0.2, 0.25) is 5.02 Å². The van der Waals surface area contributed by atoms with Crippen molar-refractivity contribution in [3.05, 3.63) is 38.8 Å². The lowest BCUT2D eigenvalue weighted by Gasteiger charge is -1.98. The van der Waals surface area contributed by atoms with Gasteiger partial charge in [0.25, 0.3) is 0 Å². The van der Waals surface area contributed by atoms with E-state index in [0.29, 0.717) is 0 Å². The van der Waals surface area contributed by atoms with Crippen molar-refractivity contribution in [2.24, 2.45) is 0 Å². The maximum absolute atomic E-state index is 6.13. The SMILES string of the molecule is CNCc1sc(-c2ccccc2Cl)nc1Br. The molecule has 0 spiro atoms. The minimum Gasteiger partial charge on any atom is -0.315 e. The molecule has 2 nitrogen and oxygen atoms in total. The Morgan fingerprint density at radius 3 is 2.88 bits per heavy atom. The van der Waals surface area contributed by atoms with Crippen LogP contribution in [0.3, 0.4) is 0 Å². The molecule has 84 valence electrons. The van der Waals surface area contributed by atoms with Crippen LogP contribution >= 0.6 is 38.9 Å². The number of halogens is 2. The van der Waals surface area contributed by atoms with Crippen molar-refractivity contribution in [1.82, 2.24) is 10.3 Å². The Balaban J connectivity index is 2.42. The molecule has 16 heavy (non-hydrogen) atoms. The van der Waals surface area contributed by atoms with Crippen LogP contribution in [0.5, 0.6) is 0 Å². The Hall–Kier alpha value is -0.420. The van der Waals surface area contributed by atoms with Gasteiger partial charge in [-0.15, -0.1) is 11.3 Å². The topological polar surface area (TPSA) is 24.9 Å². The van der Waals surface area contributed by atoms with E-state index in [9.17, 15) is 0 Å². The molecule has 0 bridgehead atoms. The zero-order chi connectivity index (χ0) is 11.5. The second-order valence-electron chi connectivity index (χ2n) is 3.24.